The van der Waals surface area contributed by atoms with Gasteiger partial charge in [0, 0.05) is 36.6 Å². The number of thioether (sulfide) groups is 1. The summed E-state index contributed by atoms with van der Waals surface area (Å²) in [5.74, 6) is 0.825. The van der Waals surface area contributed by atoms with Crippen LogP contribution in [0.5, 0.6) is 5.75 Å². The van der Waals surface area contributed by atoms with E-state index in [-0.39, 0.29) is 17.0 Å². The fourth-order valence-electron chi connectivity index (χ4n) is 2.79. The number of guanidine groups is 1. The van der Waals surface area contributed by atoms with Gasteiger partial charge in [-0.1, -0.05) is 18.2 Å². The van der Waals surface area contributed by atoms with Crippen molar-refractivity contribution >= 4 is 17.7 Å². The lowest BCUT2D eigenvalue weighted by Gasteiger charge is -2.36. The maximum Gasteiger partial charge on any atom is 0.387 e. The molecule has 1 fully saturated rings. The van der Waals surface area contributed by atoms with Crippen molar-refractivity contribution in [2.45, 2.75) is 37.7 Å². The highest BCUT2D eigenvalue weighted by Crippen LogP contribution is 2.33. The maximum absolute atomic E-state index is 12.5. The number of nitrogens with one attached hydrogen (secondary N) is 2. The maximum atomic E-state index is 12.5. The standard InChI is InChI=1S/C18H27F2N3O2S/c1-3-21-17(23-13-18(26-2)8-10-24-11-9-18)22-12-14-6-4-5-7-15(14)25-16(19)20/h4-7,16H,3,8-13H2,1-2H3,(H2,21,22,23). The predicted octanol–water partition coefficient (Wildman–Crippen LogP) is 3.26. The normalized spacial score (nSPS) is 17.2. The fourth-order valence-corrected chi connectivity index (χ4v) is 3.58. The number of rotatable bonds is 8. The summed E-state index contributed by atoms with van der Waals surface area (Å²) in [5, 5.41) is 6.59. The molecule has 1 aliphatic rings. The smallest absolute Gasteiger partial charge is 0.387 e. The van der Waals surface area contributed by atoms with Gasteiger partial charge in [0.05, 0.1) is 6.54 Å². The number of hydrogen-bond acceptors (Lipinski definition) is 4. The van der Waals surface area contributed by atoms with Gasteiger partial charge >= 0.3 is 6.61 Å². The molecule has 0 atom stereocenters. The Bertz CT molecular complexity index is 581. The van der Waals surface area contributed by atoms with Crippen molar-refractivity contribution in [1.82, 2.24) is 10.6 Å². The number of para-hydroxylation sites is 1. The number of nitrogens with zero attached hydrogens (tertiary/aromatic N) is 1. The van der Waals surface area contributed by atoms with E-state index in [4.69, 9.17) is 4.74 Å². The van der Waals surface area contributed by atoms with Crippen LogP contribution in [-0.2, 0) is 11.3 Å². The highest BCUT2D eigenvalue weighted by atomic mass is 32.2. The molecular formula is C18H27F2N3O2S. The molecule has 8 heteroatoms. The highest BCUT2D eigenvalue weighted by Gasteiger charge is 2.31. The summed E-state index contributed by atoms with van der Waals surface area (Å²) < 4.78 is 35.2. The molecule has 0 aliphatic carbocycles. The zero-order valence-electron chi connectivity index (χ0n) is 15.3. The van der Waals surface area contributed by atoms with E-state index in [1.54, 1.807) is 18.2 Å². The van der Waals surface area contributed by atoms with Crippen LogP contribution in [0, 0.1) is 0 Å². The van der Waals surface area contributed by atoms with Crippen LogP contribution >= 0.6 is 11.8 Å². The van der Waals surface area contributed by atoms with Crippen LogP contribution in [0.2, 0.25) is 0 Å². The van der Waals surface area contributed by atoms with E-state index in [1.807, 2.05) is 18.7 Å². The largest absolute Gasteiger partial charge is 0.434 e. The van der Waals surface area contributed by atoms with Gasteiger partial charge in [0.1, 0.15) is 5.75 Å². The van der Waals surface area contributed by atoms with Gasteiger partial charge in [-0.25, -0.2) is 4.99 Å². The topological polar surface area (TPSA) is 54.9 Å². The summed E-state index contributed by atoms with van der Waals surface area (Å²) in [7, 11) is 0. The molecule has 26 heavy (non-hydrogen) atoms. The van der Waals surface area contributed by atoms with Gasteiger partial charge in [-0.05, 0) is 32.1 Å². The Kier molecular flexibility index (Phi) is 8.44. The van der Waals surface area contributed by atoms with Gasteiger partial charge in [0.2, 0.25) is 0 Å². The Morgan fingerprint density at radius 2 is 2.04 bits per heavy atom. The molecule has 1 aromatic rings. The Morgan fingerprint density at radius 3 is 2.69 bits per heavy atom. The fraction of sp³-hybridized carbons (Fsp3) is 0.611. The van der Waals surface area contributed by atoms with Crippen molar-refractivity contribution in [2.75, 3.05) is 32.6 Å². The third-order valence-corrected chi connectivity index (χ3v) is 5.77. The highest BCUT2D eigenvalue weighted by molar-refractivity contribution is 8.00. The molecule has 146 valence electrons. The van der Waals surface area contributed by atoms with Gasteiger partial charge in [0.15, 0.2) is 5.96 Å². The molecule has 1 heterocycles. The third-order valence-electron chi connectivity index (χ3n) is 4.36. The molecule has 0 spiro atoms. The van der Waals surface area contributed by atoms with Crippen molar-refractivity contribution in [3.05, 3.63) is 29.8 Å². The first-order valence-electron chi connectivity index (χ1n) is 8.76. The van der Waals surface area contributed by atoms with E-state index >= 15 is 0 Å². The summed E-state index contributed by atoms with van der Waals surface area (Å²) in [6.45, 7) is 2.44. The second-order valence-electron chi connectivity index (χ2n) is 6.03. The molecule has 2 rings (SSSR count). The first-order chi connectivity index (χ1) is 12.6. The SMILES string of the molecule is CCNC(=NCc1ccccc1OC(F)F)NCC1(SC)CCOCC1. The summed E-state index contributed by atoms with van der Waals surface area (Å²) in [4.78, 5) is 4.53. The number of alkyl halides is 2. The molecule has 5 nitrogen and oxygen atoms in total. The molecule has 2 N–H and O–H groups in total. The van der Waals surface area contributed by atoms with Crippen LogP contribution in [0.15, 0.2) is 29.3 Å². The van der Waals surface area contributed by atoms with Crippen LogP contribution in [0.3, 0.4) is 0 Å². The molecule has 0 unspecified atom stereocenters. The first kappa shape index (κ1) is 20.8. The summed E-state index contributed by atoms with van der Waals surface area (Å²) in [6, 6.07) is 6.73. The van der Waals surface area contributed by atoms with Crippen LogP contribution in [0.1, 0.15) is 25.3 Å². The second kappa shape index (κ2) is 10.6. The Balaban J connectivity index is 2.02. The molecule has 0 bridgehead atoms. The Labute approximate surface area is 157 Å². The Hall–Kier alpha value is -1.54. The van der Waals surface area contributed by atoms with E-state index in [1.165, 1.54) is 6.07 Å². The van der Waals surface area contributed by atoms with Gasteiger partial charge in [-0.3, -0.25) is 0 Å². The summed E-state index contributed by atoms with van der Waals surface area (Å²) >= 11 is 1.85. The van der Waals surface area contributed by atoms with Gasteiger partial charge < -0.3 is 20.1 Å². The molecule has 1 aliphatic heterocycles. The zero-order chi connectivity index (χ0) is 18.8. The van der Waals surface area contributed by atoms with Crippen molar-refractivity contribution in [2.24, 2.45) is 4.99 Å². The van der Waals surface area contributed by atoms with Crippen molar-refractivity contribution in [3.8, 4) is 5.75 Å². The van der Waals surface area contributed by atoms with E-state index in [2.05, 4.69) is 26.6 Å². The quantitative estimate of drug-likeness (QED) is 0.530. The van der Waals surface area contributed by atoms with Gasteiger partial charge in [-0.2, -0.15) is 20.5 Å². The Morgan fingerprint density at radius 1 is 1.31 bits per heavy atom. The van der Waals surface area contributed by atoms with E-state index < -0.39 is 6.61 Å². The molecule has 0 radical (unpaired) electrons. The average molecular weight is 387 g/mol. The molecular weight excluding hydrogens is 360 g/mol. The van der Waals surface area contributed by atoms with Gasteiger partial charge in [-0.15, -0.1) is 0 Å². The molecule has 0 saturated carbocycles. The minimum absolute atomic E-state index is 0.130. The minimum Gasteiger partial charge on any atom is -0.434 e. The number of halogens is 2. The molecule has 1 aromatic carbocycles. The third kappa shape index (κ3) is 6.32. The van der Waals surface area contributed by atoms with Crippen molar-refractivity contribution in [1.29, 1.82) is 0 Å². The number of benzene rings is 1. The average Bonchev–Trinajstić information content (AvgIpc) is 2.65. The second-order valence-corrected chi connectivity index (χ2v) is 7.31. The van der Waals surface area contributed by atoms with Crippen LogP contribution in [-0.4, -0.2) is 49.9 Å². The number of aliphatic imine (C=N–C) groups is 1. The number of ether oxygens (including phenoxy) is 2. The van der Waals surface area contributed by atoms with E-state index in [9.17, 15) is 8.78 Å². The number of hydrogen-bond donors (Lipinski definition) is 2. The minimum atomic E-state index is -2.85. The van der Waals surface area contributed by atoms with Crippen LogP contribution in [0.25, 0.3) is 0 Å². The van der Waals surface area contributed by atoms with E-state index in [0.29, 0.717) is 11.5 Å². The summed E-state index contributed by atoms with van der Waals surface area (Å²) in [6.07, 6.45) is 4.10. The van der Waals surface area contributed by atoms with Crippen LogP contribution in [0.4, 0.5) is 8.78 Å². The van der Waals surface area contributed by atoms with Crippen molar-refractivity contribution < 1.29 is 18.3 Å². The zero-order valence-corrected chi connectivity index (χ0v) is 16.1. The van der Waals surface area contributed by atoms with Gasteiger partial charge in [0.25, 0.3) is 0 Å². The lowest BCUT2D eigenvalue weighted by molar-refractivity contribution is -0.0504. The van der Waals surface area contributed by atoms with E-state index in [0.717, 1.165) is 39.1 Å². The van der Waals surface area contributed by atoms with Crippen molar-refractivity contribution in [3.63, 3.8) is 0 Å². The summed E-state index contributed by atoms with van der Waals surface area (Å²) in [5.41, 5.74) is 0.621. The predicted molar refractivity (Wildman–Crippen MR) is 102 cm³/mol. The molecule has 0 aromatic heterocycles. The lowest BCUT2D eigenvalue weighted by Crippen LogP contribution is -2.47. The molecule has 0 amide bonds. The lowest BCUT2D eigenvalue weighted by atomic mass is 9.99. The molecule has 1 saturated heterocycles. The first-order valence-corrected chi connectivity index (χ1v) is 9.99. The monoisotopic (exact) mass is 387 g/mol. The van der Waals surface area contributed by atoms with Crippen LogP contribution < -0.4 is 15.4 Å².